The fourth-order valence-electron chi connectivity index (χ4n) is 2.16. The van der Waals surface area contributed by atoms with Crippen LogP contribution in [-0.2, 0) is 4.79 Å². The van der Waals surface area contributed by atoms with Gasteiger partial charge in [-0.25, -0.2) is 0 Å². The van der Waals surface area contributed by atoms with Crippen molar-refractivity contribution in [3.8, 4) is 0 Å². The predicted molar refractivity (Wildman–Crippen MR) is 62.7 cm³/mol. The molecular weight excluding hydrogens is 188 g/mol. The molecule has 0 radical (unpaired) electrons. The summed E-state index contributed by atoms with van der Waals surface area (Å²) in [5.74, 6) is 0.200. The predicted octanol–water partition coefficient (Wildman–Crippen LogP) is 1.68. The van der Waals surface area contributed by atoms with Gasteiger partial charge in [0, 0.05) is 12.1 Å². The van der Waals surface area contributed by atoms with Gasteiger partial charge in [0.2, 0.25) is 5.91 Å². The molecule has 1 saturated heterocycles. The molecule has 1 fully saturated rings. The van der Waals surface area contributed by atoms with E-state index < -0.39 is 0 Å². The van der Waals surface area contributed by atoms with Crippen LogP contribution in [0, 0.1) is 5.41 Å². The second kappa shape index (κ2) is 4.52. The lowest BCUT2D eigenvalue weighted by Gasteiger charge is -2.31. The first-order chi connectivity index (χ1) is 6.90. The first-order valence-corrected chi connectivity index (χ1v) is 5.93. The summed E-state index contributed by atoms with van der Waals surface area (Å²) in [6.45, 7) is 10.1. The van der Waals surface area contributed by atoms with E-state index >= 15 is 0 Å². The van der Waals surface area contributed by atoms with E-state index in [1.54, 1.807) is 0 Å². The first kappa shape index (κ1) is 12.5. The summed E-state index contributed by atoms with van der Waals surface area (Å²) >= 11 is 0. The topological polar surface area (TPSA) is 41.1 Å². The Morgan fingerprint density at radius 3 is 2.67 bits per heavy atom. The molecule has 1 heterocycles. The summed E-state index contributed by atoms with van der Waals surface area (Å²) in [4.78, 5) is 12.1. The van der Waals surface area contributed by atoms with E-state index in [1.807, 2.05) is 6.92 Å². The number of nitrogens with one attached hydrogen (secondary N) is 2. The molecule has 1 atom stereocenters. The van der Waals surface area contributed by atoms with Crippen molar-refractivity contribution in [2.24, 2.45) is 5.41 Å². The van der Waals surface area contributed by atoms with Crippen LogP contribution in [0.15, 0.2) is 0 Å². The van der Waals surface area contributed by atoms with Crippen molar-refractivity contribution in [1.82, 2.24) is 10.6 Å². The van der Waals surface area contributed by atoms with Gasteiger partial charge in [-0.15, -0.1) is 0 Å². The van der Waals surface area contributed by atoms with E-state index in [0.29, 0.717) is 0 Å². The normalized spacial score (nSPS) is 26.7. The van der Waals surface area contributed by atoms with E-state index in [0.717, 1.165) is 32.4 Å². The zero-order chi connectivity index (χ0) is 11.5. The Labute approximate surface area is 93.0 Å². The van der Waals surface area contributed by atoms with E-state index in [1.165, 1.54) is 0 Å². The van der Waals surface area contributed by atoms with Crippen molar-refractivity contribution in [2.75, 3.05) is 13.1 Å². The molecule has 88 valence electrons. The highest BCUT2D eigenvalue weighted by Gasteiger charge is 2.38. The molecule has 1 amide bonds. The Morgan fingerprint density at radius 2 is 2.20 bits per heavy atom. The van der Waals surface area contributed by atoms with E-state index in [-0.39, 0.29) is 16.9 Å². The lowest BCUT2D eigenvalue weighted by molar-refractivity contribution is -0.131. The molecule has 0 aromatic rings. The largest absolute Gasteiger partial charge is 0.351 e. The highest BCUT2D eigenvalue weighted by Crippen LogP contribution is 2.26. The number of hydrogen-bond acceptors (Lipinski definition) is 2. The van der Waals surface area contributed by atoms with Gasteiger partial charge in [-0.1, -0.05) is 13.3 Å². The monoisotopic (exact) mass is 212 g/mol. The van der Waals surface area contributed by atoms with Gasteiger partial charge in [-0.2, -0.15) is 0 Å². The molecule has 1 aliphatic rings. The van der Waals surface area contributed by atoms with Crippen LogP contribution in [0.25, 0.3) is 0 Å². The Morgan fingerprint density at radius 1 is 1.53 bits per heavy atom. The van der Waals surface area contributed by atoms with Crippen molar-refractivity contribution in [3.05, 3.63) is 0 Å². The molecule has 3 nitrogen and oxygen atoms in total. The minimum atomic E-state index is -0.203. The number of hydrogen-bond donors (Lipinski definition) is 2. The van der Waals surface area contributed by atoms with Crippen LogP contribution in [0.3, 0.4) is 0 Å². The third-order valence-corrected chi connectivity index (χ3v) is 3.24. The zero-order valence-electron chi connectivity index (χ0n) is 10.4. The molecule has 1 aliphatic heterocycles. The highest BCUT2D eigenvalue weighted by atomic mass is 16.2. The van der Waals surface area contributed by atoms with Crippen LogP contribution in [0.5, 0.6) is 0 Å². The quantitative estimate of drug-likeness (QED) is 0.744. The second-order valence-corrected chi connectivity index (χ2v) is 5.58. The maximum absolute atomic E-state index is 12.1. The summed E-state index contributed by atoms with van der Waals surface area (Å²) in [6.07, 6.45) is 3.07. The van der Waals surface area contributed by atoms with Crippen LogP contribution >= 0.6 is 0 Å². The number of amides is 1. The smallest absolute Gasteiger partial charge is 0.227 e. The summed E-state index contributed by atoms with van der Waals surface area (Å²) in [7, 11) is 0. The van der Waals surface area contributed by atoms with Gasteiger partial charge >= 0.3 is 0 Å². The SMILES string of the molecule is CCCC(C)(C)NC(=O)C1(C)CCNC1. The molecule has 1 unspecified atom stereocenters. The van der Waals surface area contributed by atoms with Crippen molar-refractivity contribution < 1.29 is 4.79 Å². The summed E-state index contributed by atoms with van der Waals surface area (Å²) in [6, 6.07) is 0. The van der Waals surface area contributed by atoms with Gasteiger partial charge in [-0.3, -0.25) is 4.79 Å². The summed E-state index contributed by atoms with van der Waals surface area (Å²) in [5.41, 5.74) is -0.275. The maximum Gasteiger partial charge on any atom is 0.227 e. The van der Waals surface area contributed by atoms with Crippen molar-refractivity contribution >= 4 is 5.91 Å². The second-order valence-electron chi connectivity index (χ2n) is 5.58. The molecule has 15 heavy (non-hydrogen) atoms. The van der Waals surface area contributed by atoms with Crippen molar-refractivity contribution in [2.45, 2.75) is 52.5 Å². The van der Waals surface area contributed by atoms with Crippen molar-refractivity contribution in [3.63, 3.8) is 0 Å². The molecule has 0 aromatic carbocycles. The van der Waals surface area contributed by atoms with Gasteiger partial charge in [0.15, 0.2) is 0 Å². The van der Waals surface area contributed by atoms with Crippen LogP contribution in [0.1, 0.15) is 47.0 Å². The highest BCUT2D eigenvalue weighted by molar-refractivity contribution is 5.83. The van der Waals surface area contributed by atoms with Crippen LogP contribution < -0.4 is 10.6 Å². The Balaban J connectivity index is 2.54. The summed E-state index contributed by atoms with van der Waals surface area (Å²) in [5, 5.41) is 6.41. The molecule has 3 heteroatoms. The first-order valence-electron chi connectivity index (χ1n) is 5.93. The van der Waals surface area contributed by atoms with E-state index in [4.69, 9.17) is 0 Å². The minimum Gasteiger partial charge on any atom is -0.351 e. The molecule has 2 N–H and O–H groups in total. The number of carbonyl (C=O) groups is 1. The Hall–Kier alpha value is -0.570. The third kappa shape index (κ3) is 3.20. The van der Waals surface area contributed by atoms with Gasteiger partial charge < -0.3 is 10.6 Å². The van der Waals surface area contributed by atoms with Gasteiger partial charge in [-0.05, 0) is 40.2 Å². The fraction of sp³-hybridized carbons (Fsp3) is 0.917. The van der Waals surface area contributed by atoms with Gasteiger partial charge in [0.25, 0.3) is 0 Å². The number of rotatable bonds is 4. The molecule has 0 spiro atoms. The van der Waals surface area contributed by atoms with Crippen LogP contribution in [0.4, 0.5) is 0 Å². The third-order valence-electron chi connectivity index (χ3n) is 3.24. The standard InChI is InChI=1S/C12H24N2O/c1-5-6-11(2,3)14-10(15)12(4)7-8-13-9-12/h13H,5-9H2,1-4H3,(H,14,15). The Bertz CT molecular complexity index is 230. The van der Waals surface area contributed by atoms with Gasteiger partial charge in [0.05, 0.1) is 5.41 Å². The summed E-state index contributed by atoms with van der Waals surface area (Å²) < 4.78 is 0. The maximum atomic E-state index is 12.1. The van der Waals surface area contributed by atoms with E-state index in [2.05, 4.69) is 31.4 Å². The molecule has 0 bridgehead atoms. The Kier molecular flexibility index (Phi) is 3.77. The molecule has 0 aromatic heterocycles. The van der Waals surface area contributed by atoms with E-state index in [9.17, 15) is 4.79 Å². The number of carbonyl (C=O) groups excluding carboxylic acids is 1. The molecule has 0 aliphatic carbocycles. The van der Waals surface area contributed by atoms with Crippen LogP contribution in [0.2, 0.25) is 0 Å². The van der Waals surface area contributed by atoms with Crippen LogP contribution in [-0.4, -0.2) is 24.5 Å². The lowest BCUT2D eigenvalue weighted by Crippen LogP contribution is -2.50. The average Bonchev–Trinajstić information content (AvgIpc) is 2.52. The van der Waals surface area contributed by atoms with Crippen molar-refractivity contribution in [1.29, 1.82) is 0 Å². The lowest BCUT2D eigenvalue weighted by atomic mass is 9.87. The molecule has 0 saturated carbocycles. The fourth-order valence-corrected chi connectivity index (χ4v) is 2.16. The zero-order valence-corrected chi connectivity index (χ0v) is 10.4. The minimum absolute atomic E-state index is 0.0720. The average molecular weight is 212 g/mol. The van der Waals surface area contributed by atoms with Gasteiger partial charge in [0.1, 0.15) is 0 Å². The molecule has 1 rings (SSSR count). The molecular formula is C12H24N2O.